The van der Waals surface area contributed by atoms with Gasteiger partial charge in [0, 0.05) is 6.54 Å². The lowest BCUT2D eigenvalue weighted by molar-refractivity contribution is 0.0284. The van der Waals surface area contributed by atoms with E-state index in [0.29, 0.717) is 0 Å². The highest BCUT2D eigenvalue weighted by atomic mass is 32.2. The Morgan fingerprint density at radius 1 is 1.38 bits per heavy atom. The number of likely N-dealkylation sites (tertiary alicyclic amines) is 1. The second-order valence-electron chi connectivity index (χ2n) is 4.94. The van der Waals surface area contributed by atoms with Crippen molar-refractivity contribution in [2.45, 2.75) is 30.5 Å². The highest BCUT2D eigenvalue weighted by molar-refractivity contribution is 7.86. The summed E-state index contributed by atoms with van der Waals surface area (Å²) in [6.07, 6.45) is -4.06. The Hall–Kier alpha value is -1.67. The smallest absolute Gasteiger partial charge is 0.407 e. The normalized spacial score (nSPS) is 23.0. The van der Waals surface area contributed by atoms with Crippen molar-refractivity contribution in [3.63, 3.8) is 0 Å². The van der Waals surface area contributed by atoms with Gasteiger partial charge in [0.05, 0.1) is 11.4 Å². The van der Waals surface area contributed by atoms with Gasteiger partial charge in [-0.3, -0.25) is 4.18 Å². The maximum Gasteiger partial charge on any atom is 0.407 e. The van der Waals surface area contributed by atoms with E-state index in [2.05, 4.69) is 0 Å². The molecule has 1 saturated heterocycles. The molecule has 2 atom stereocenters. The van der Waals surface area contributed by atoms with Crippen LogP contribution in [0.1, 0.15) is 12.0 Å². The summed E-state index contributed by atoms with van der Waals surface area (Å²) in [5.74, 6) is 0. The molecule has 0 spiro atoms. The van der Waals surface area contributed by atoms with Gasteiger partial charge in [-0.1, -0.05) is 17.7 Å². The van der Waals surface area contributed by atoms with E-state index in [1.807, 2.05) is 6.92 Å². The maximum absolute atomic E-state index is 13.9. The Labute approximate surface area is 122 Å². The Bertz CT molecular complexity index is 616. The van der Waals surface area contributed by atoms with Crippen LogP contribution in [0.5, 0.6) is 0 Å². The van der Waals surface area contributed by atoms with Crippen LogP contribution >= 0.6 is 0 Å². The Morgan fingerprint density at radius 3 is 2.52 bits per heavy atom. The van der Waals surface area contributed by atoms with E-state index in [-0.39, 0.29) is 24.4 Å². The van der Waals surface area contributed by atoms with E-state index < -0.39 is 28.5 Å². The molecule has 0 aliphatic carbocycles. The first-order valence-electron chi connectivity index (χ1n) is 6.41. The first kappa shape index (κ1) is 15.7. The minimum Gasteiger partial charge on any atom is -0.465 e. The van der Waals surface area contributed by atoms with Crippen LogP contribution in [0.4, 0.5) is 9.18 Å². The Morgan fingerprint density at radius 2 is 2.00 bits per heavy atom. The number of rotatable bonds is 3. The summed E-state index contributed by atoms with van der Waals surface area (Å²) in [5, 5.41) is 8.78. The molecule has 1 fully saturated rings. The van der Waals surface area contributed by atoms with Gasteiger partial charge in [0.2, 0.25) is 0 Å². The van der Waals surface area contributed by atoms with Crippen molar-refractivity contribution < 1.29 is 26.9 Å². The number of amides is 1. The Balaban J connectivity index is 2.07. The number of carbonyl (C=O) groups is 1. The van der Waals surface area contributed by atoms with Crippen LogP contribution in [0.2, 0.25) is 0 Å². The van der Waals surface area contributed by atoms with Crippen LogP contribution in [0.15, 0.2) is 29.2 Å². The molecule has 0 bridgehead atoms. The quantitative estimate of drug-likeness (QED) is 0.859. The second kappa shape index (κ2) is 5.98. The van der Waals surface area contributed by atoms with Crippen molar-refractivity contribution in [1.29, 1.82) is 0 Å². The zero-order chi connectivity index (χ0) is 15.6. The van der Waals surface area contributed by atoms with E-state index in [1.165, 1.54) is 12.1 Å². The summed E-state index contributed by atoms with van der Waals surface area (Å²) in [7, 11) is -4.05. The number of benzene rings is 1. The van der Waals surface area contributed by atoms with Gasteiger partial charge in [0.1, 0.15) is 12.3 Å². The van der Waals surface area contributed by atoms with E-state index in [1.54, 1.807) is 12.1 Å². The molecule has 1 aromatic carbocycles. The summed E-state index contributed by atoms with van der Waals surface area (Å²) in [6.45, 7) is 1.48. The van der Waals surface area contributed by atoms with E-state index >= 15 is 0 Å². The Kier molecular flexibility index (Phi) is 4.48. The molecule has 8 heteroatoms. The topological polar surface area (TPSA) is 83.9 Å². The number of carboxylic acid groups (broad SMARTS) is 1. The van der Waals surface area contributed by atoms with Crippen LogP contribution in [0.25, 0.3) is 0 Å². The molecule has 0 unspecified atom stereocenters. The zero-order valence-electron chi connectivity index (χ0n) is 11.4. The highest BCUT2D eigenvalue weighted by Crippen LogP contribution is 2.23. The van der Waals surface area contributed by atoms with Crippen molar-refractivity contribution in [3.05, 3.63) is 29.8 Å². The molecule has 1 heterocycles. The largest absolute Gasteiger partial charge is 0.465 e. The monoisotopic (exact) mass is 317 g/mol. The summed E-state index contributed by atoms with van der Waals surface area (Å²) in [6, 6.07) is 6.03. The summed E-state index contributed by atoms with van der Waals surface area (Å²) >= 11 is 0. The average molecular weight is 317 g/mol. The maximum atomic E-state index is 13.9. The molecule has 6 nitrogen and oxygen atoms in total. The first-order valence-corrected chi connectivity index (χ1v) is 7.82. The lowest BCUT2D eigenvalue weighted by Gasteiger charge is -2.32. The predicted molar refractivity (Wildman–Crippen MR) is 72.3 cm³/mol. The lowest BCUT2D eigenvalue weighted by Crippen LogP contribution is -2.48. The molecular formula is C13H16FNO5S. The fraction of sp³-hybridized carbons (Fsp3) is 0.462. The molecule has 21 heavy (non-hydrogen) atoms. The summed E-state index contributed by atoms with van der Waals surface area (Å²) in [4.78, 5) is 11.6. The first-order chi connectivity index (χ1) is 9.79. The molecule has 116 valence electrons. The SMILES string of the molecule is Cc1ccc(S(=O)(=O)O[C@H]2CCN(C(=O)O)C[C@@H]2F)cc1. The number of hydrogen-bond donors (Lipinski definition) is 1. The van der Waals surface area contributed by atoms with Crippen LogP contribution in [0, 0.1) is 6.92 Å². The van der Waals surface area contributed by atoms with Gasteiger partial charge in [0.15, 0.2) is 0 Å². The van der Waals surface area contributed by atoms with E-state index in [4.69, 9.17) is 9.29 Å². The molecular weight excluding hydrogens is 301 g/mol. The third-order valence-electron chi connectivity index (χ3n) is 3.31. The number of piperidine rings is 1. The fourth-order valence-corrected chi connectivity index (χ4v) is 3.21. The van der Waals surface area contributed by atoms with Gasteiger partial charge < -0.3 is 10.0 Å². The van der Waals surface area contributed by atoms with Crippen molar-refractivity contribution >= 4 is 16.2 Å². The summed E-state index contributed by atoms with van der Waals surface area (Å²) in [5.41, 5.74) is 0.895. The van der Waals surface area contributed by atoms with Crippen molar-refractivity contribution in [2.75, 3.05) is 13.1 Å². The number of alkyl halides is 1. The number of nitrogens with zero attached hydrogens (tertiary/aromatic N) is 1. The molecule has 1 aliphatic heterocycles. The van der Waals surface area contributed by atoms with Gasteiger partial charge >= 0.3 is 6.09 Å². The third kappa shape index (κ3) is 3.70. The van der Waals surface area contributed by atoms with Crippen LogP contribution < -0.4 is 0 Å². The van der Waals surface area contributed by atoms with Gasteiger partial charge in [-0.2, -0.15) is 8.42 Å². The molecule has 0 aromatic heterocycles. The van der Waals surface area contributed by atoms with E-state index in [9.17, 15) is 17.6 Å². The number of aryl methyl sites for hydroxylation is 1. The molecule has 0 saturated carbocycles. The van der Waals surface area contributed by atoms with Crippen LogP contribution in [-0.2, 0) is 14.3 Å². The van der Waals surface area contributed by atoms with Crippen LogP contribution in [-0.4, -0.2) is 49.9 Å². The molecule has 0 radical (unpaired) electrons. The summed E-state index contributed by atoms with van der Waals surface area (Å²) < 4.78 is 42.9. The fourth-order valence-electron chi connectivity index (χ4n) is 2.09. The lowest BCUT2D eigenvalue weighted by atomic mass is 10.1. The highest BCUT2D eigenvalue weighted by Gasteiger charge is 2.35. The van der Waals surface area contributed by atoms with E-state index in [0.717, 1.165) is 10.5 Å². The standard InChI is InChI=1S/C13H16FNO5S/c1-9-2-4-10(5-3-9)21(18,19)20-12-6-7-15(13(16)17)8-11(12)14/h2-5,11-12H,6-8H2,1H3,(H,16,17)/t11-,12-/m0/s1. The molecule has 1 aliphatic rings. The molecule has 1 amide bonds. The third-order valence-corrected chi connectivity index (χ3v) is 4.66. The predicted octanol–water partition coefficient (Wildman–Crippen LogP) is 1.79. The van der Waals surface area contributed by atoms with Crippen molar-refractivity contribution in [2.24, 2.45) is 0 Å². The van der Waals surface area contributed by atoms with Crippen molar-refractivity contribution in [1.82, 2.24) is 4.90 Å². The van der Waals surface area contributed by atoms with Gasteiger partial charge in [-0.25, -0.2) is 9.18 Å². The second-order valence-corrected chi connectivity index (χ2v) is 6.51. The van der Waals surface area contributed by atoms with Gasteiger partial charge in [0.25, 0.3) is 10.1 Å². The molecule has 1 N–H and O–H groups in total. The van der Waals surface area contributed by atoms with Gasteiger partial charge in [-0.15, -0.1) is 0 Å². The minimum atomic E-state index is -4.05. The molecule has 1 aromatic rings. The average Bonchev–Trinajstić information content (AvgIpc) is 2.41. The van der Waals surface area contributed by atoms with Crippen molar-refractivity contribution in [3.8, 4) is 0 Å². The molecule has 2 rings (SSSR count). The number of halogens is 1. The zero-order valence-corrected chi connectivity index (χ0v) is 12.2. The number of hydrogen-bond acceptors (Lipinski definition) is 4. The minimum absolute atomic E-state index is 0.00143. The van der Waals surface area contributed by atoms with Gasteiger partial charge in [-0.05, 0) is 25.5 Å². The van der Waals surface area contributed by atoms with Crippen LogP contribution in [0.3, 0.4) is 0 Å².